The second kappa shape index (κ2) is 5.49. The van der Waals surface area contributed by atoms with E-state index in [2.05, 4.69) is 0 Å². The van der Waals surface area contributed by atoms with E-state index in [0.29, 0.717) is 17.8 Å². The summed E-state index contributed by atoms with van der Waals surface area (Å²) in [5.41, 5.74) is 0.351. The molecule has 0 aliphatic heterocycles. The number of aldehydes is 1. The van der Waals surface area contributed by atoms with Gasteiger partial charge in [0, 0.05) is 5.56 Å². The molecular weight excluding hydrogens is 231 g/mol. The van der Waals surface area contributed by atoms with Crippen molar-refractivity contribution in [2.75, 3.05) is 0 Å². The Morgan fingerprint density at radius 3 is 2.33 bits per heavy atom. The monoisotopic (exact) mass is 242 g/mol. The fourth-order valence-electron chi connectivity index (χ4n) is 1.57. The van der Waals surface area contributed by atoms with Crippen molar-refractivity contribution in [2.45, 2.75) is 0 Å². The summed E-state index contributed by atoms with van der Waals surface area (Å²) in [6.07, 6.45) is 0.571. The van der Waals surface area contributed by atoms with Gasteiger partial charge in [0.1, 0.15) is 17.8 Å². The molecule has 0 aliphatic rings. The Labute approximate surface area is 105 Å². The van der Waals surface area contributed by atoms with E-state index < -0.39 is 7.12 Å². The van der Waals surface area contributed by atoms with Gasteiger partial charge in [-0.25, -0.2) is 0 Å². The normalized spacial score (nSPS) is 9.89. The highest BCUT2D eigenvalue weighted by molar-refractivity contribution is 6.60. The number of benzene rings is 2. The van der Waals surface area contributed by atoms with E-state index in [9.17, 15) is 4.79 Å². The van der Waals surface area contributed by atoms with E-state index >= 15 is 0 Å². The first-order valence-electron chi connectivity index (χ1n) is 5.39. The third-order valence-corrected chi connectivity index (χ3v) is 2.44. The first-order valence-corrected chi connectivity index (χ1v) is 5.39. The molecule has 0 bridgehead atoms. The summed E-state index contributed by atoms with van der Waals surface area (Å²) < 4.78 is 5.53. The van der Waals surface area contributed by atoms with Crippen LogP contribution in [0.25, 0.3) is 0 Å². The topological polar surface area (TPSA) is 66.8 Å². The summed E-state index contributed by atoms with van der Waals surface area (Å²) in [6, 6.07) is 13.6. The lowest BCUT2D eigenvalue weighted by Crippen LogP contribution is -2.32. The number of hydrogen-bond donors (Lipinski definition) is 2. The second-order valence-electron chi connectivity index (χ2n) is 3.70. The quantitative estimate of drug-likeness (QED) is 0.619. The van der Waals surface area contributed by atoms with Crippen molar-refractivity contribution in [3.05, 3.63) is 54.1 Å². The van der Waals surface area contributed by atoms with Crippen LogP contribution in [-0.4, -0.2) is 23.5 Å². The van der Waals surface area contributed by atoms with E-state index in [1.54, 1.807) is 18.2 Å². The Hall–Kier alpha value is -2.11. The van der Waals surface area contributed by atoms with Crippen LogP contribution in [0.4, 0.5) is 0 Å². The SMILES string of the molecule is O=Cc1ccc(Oc2ccccc2)cc1B(O)O. The van der Waals surface area contributed by atoms with Gasteiger partial charge < -0.3 is 14.8 Å². The van der Waals surface area contributed by atoms with Crippen LogP contribution in [0.1, 0.15) is 10.4 Å². The minimum atomic E-state index is -1.70. The van der Waals surface area contributed by atoms with Gasteiger partial charge in [-0.15, -0.1) is 0 Å². The minimum Gasteiger partial charge on any atom is -0.457 e. The van der Waals surface area contributed by atoms with Gasteiger partial charge in [0.25, 0.3) is 0 Å². The van der Waals surface area contributed by atoms with Gasteiger partial charge in [-0.1, -0.05) is 18.2 Å². The van der Waals surface area contributed by atoms with E-state index in [1.807, 2.05) is 18.2 Å². The molecule has 0 heterocycles. The third kappa shape index (κ3) is 2.77. The molecular formula is C13H11BO4. The molecule has 2 aromatic rings. The molecule has 0 saturated carbocycles. The number of carbonyl (C=O) groups is 1. The van der Waals surface area contributed by atoms with Crippen molar-refractivity contribution in [2.24, 2.45) is 0 Å². The van der Waals surface area contributed by atoms with Gasteiger partial charge in [0.2, 0.25) is 0 Å². The van der Waals surface area contributed by atoms with Crippen LogP contribution in [0.3, 0.4) is 0 Å². The number of carbonyl (C=O) groups excluding carboxylic acids is 1. The van der Waals surface area contributed by atoms with Crippen LogP contribution < -0.4 is 10.2 Å². The number of hydrogen-bond acceptors (Lipinski definition) is 4. The highest BCUT2D eigenvalue weighted by Crippen LogP contribution is 2.20. The molecule has 0 fully saturated rings. The third-order valence-electron chi connectivity index (χ3n) is 2.44. The number of para-hydroxylation sites is 1. The van der Waals surface area contributed by atoms with E-state index in [1.165, 1.54) is 12.1 Å². The van der Waals surface area contributed by atoms with Crippen LogP contribution >= 0.6 is 0 Å². The molecule has 0 saturated heterocycles. The fraction of sp³-hybridized carbons (Fsp3) is 0. The molecule has 5 heteroatoms. The molecule has 2 N–H and O–H groups in total. The van der Waals surface area contributed by atoms with Gasteiger partial charge in [-0.05, 0) is 35.8 Å². The van der Waals surface area contributed by atoms with Gasteiger partial charge in [0.15, 0.2) is 0 Å². The van der Waals surface area contributed by atoms with E-state index in [4.69, 9.17) is 14.8 Å². The molecule has 0 unspecified atom stereocenters. The van der Waals surface area contributed by atoms with Crippen molar-refractivity contribution in [1.82, 2.24) is 0 Å². The van der Waals surface area contributed by atoms with Gasteiger partial charge in [0.05, 0.1) is 0 Å². The molecule has 0 radical (unpaired) electrons. The summed E-state index contributed by atoms with van der Waals surface area (Å²) in [5, 5.41) is 18.3. The molecule has 2 aromatic carbocycles. The molecule has 0 amide bonds. The number of rotatable bonds is 4. The zero-order chi connectivity index (χ0) is 13.0. The highest BCUT2D eigenvalue weighted by atomic mass is 16.5. The summed E-state index contributed by atoms with van der Waals surface area (Å²) in [4.78, 5) is 10.7. The molecule has 0 aliphatic carbocycles. The Morgan fingerprint density at radius 1 is 1.00 bits per heavy atom. The summed E-state index contributed by atoms with van der Waals surface area (Å²) in [6.45, 7) is 0. The van der Waals surface area contributed by atoms with E-state index in [-0.39, 0.29) is 11.0 Å². The van der Waals surface area contributed by atoms with Crippen LogP contribution in [-0.2, 0) is 0 Å². The van der Waals surface area contributed by atoms with Crippen LogP contribution in [0.2, 0.25) is 0 Å². The zero-order valence-electron chi connectivity index (χ0n) is 9.48. The predicted octanol–water partition coefficient (Wildman–Crippen LogP) is 0.971. The van der Waals surface area contributed by atoms with Crippen LogP contribution in [0.5, 0.6) is 11.5 Å². The molecule has 0 aromatic heterocycles. The smallest absolute Gasteiger partial charge is 0.457 e. The first kappa shape index (κ1) is 12.4. The maximum Gasteiger partial charge on any atom is 0.489 e. The van der Waals surface area contributed by atoms with Gasteiger partial charge in [-0.3, -0.25) is 4.79 Å². The first-order chi connectivity index (χ1) is 8.70. The largest absolute Gasteiger partial charge is 0.489 e. The lowest BCUT2D eigenvalue weighted by Gasteiger charge is -2.09. The molecule has 0 spiro atoms. The molecule has 2 rings (SSSR count). The average molecular weight is 242 g/mol. The summed E-state index contributed by atoms with van der Waals surface area (Å²) in [7, 11) is -1.70. The Balaban J connectivity index is 2.30. The van der Waals surface area contributed by atoms with Gasteiger partial charge >= 0.3 is 7.12 Å². The van der Waals surface area contributed by atoms with E-state index in [0.717, 1.165) is 0 Å². The summed E-state index contributed by atoms with van der Waals surface area (Å²) in [5.74, 6) is 1.07. The maximum absolute atomic E-state index is 10.7. The van der Waals surface area contributed by atoms with Crippen LogP contribution in [0, 0.1) is 0 Å². The Bertz CT molecular complexity index is 540. The second-order valence-corrected chi connectivity index (χ2v) is 3.70. The maximum atomic E-state index is 10.7. The fourth-order valence-corrected chi connectivity index (χ4v) is 1.57. The predicted molar refractivity (Wildman–Crippen MR) is 68.2 cm³/mol. The van der Waals surface area contributed by atoms with Crippen molar-refractivity contribution < 1.29 is 19.6 Å². The van der Waals surface area contributed by atoms with Crippen LogP contribution in [0.15, 0.2) is 48.5 Å². The lowest BCUT2D eigenvalue weighted by atomic mass is 9.77. The van der Waals surface area contributed by atoms with Crippen molar-refractivity contribution >= 4 is 18.9 Å². The molecule has 18 heavy (non-hydrogen) atoms. The number of ether oxygens (including phenoxy) is 1. The minimum absolute atomic E-state index is 0.124. The zero-order valence-corrected chi connectivity index (χ0v) is 9.48. The Kier molecular flexibility index (Phi) is 3.77. The molecule has 0 atom stereocenters. The average Bonchev–Trinajstić information content (AvgIpc) is 2.40. The molecule has 4 nitrogen and oxygen atoms in total. The van der Waals surface area contributed by atoms with Crippen molar-refractivity contribution in [1.29, 1.82) is 0 Å². The van der Waals surface area contributed by atoms with Gasteiger partial charge in [-0.2, -0.15) is 0 Å². The Morgan fingerprint density at radius 2 is 1.72 bits per heavy atom. The molecule has 90 valence electrons. The highest BCUT2D eigenvalue weighted by Gasteiger charge is 2.16. The summed E-state index contributed by atoms with van der Waals surface area (Å²) >= 11 is 0. The van der Waals surface area contributed by atoms with Crippen molar-refractivity contribution in [3.63, 3.8) is 0 Å². The standard InChI is InChI=1S/C13H11BO4/c15-9-10-6-7-12(8-13(10)14(16)17)18-11-4-2-1-3-5-11/h1-9,16-17H. The van der Waals surface area contributed by atoms with Crippen molar-refractivity contribution in [3.8, 4) is 11.5 Å². The lowest BCUT2D eigenvalue weighted by molar-refractivity contribution is 0.112.